The van der Waals surface area contributed by atoms with E-state index in [1.807, 2.05) is 48.5 Å². The fraction of sp³-hybridized carbons (Fsp3) is 0.882. The van der Waals surface area contributed by atoms with Gasteiger partial charge in [-0.25, -0.2) is 0 Å². The van der Waals surface area contributed by atoms with Crippen molar-refractivity contribution in [1.29, 1.82) is 0 Å². The highest BCUT2D eigenvalue weighted by atomic mass is 16.2. The van der Waals surface area contributed by atoms with Crippen LogP contribution in [0.25, 0.3) is 0 Å². The largest absolute Gasteiger partial charge is 0.353 e. The van der Waals surface area contributed by atoms with Crippen LogP contribution in [-0.4, -0.2) is 23.4 Å². The molecule has 0 radical (unpaired) electrons. The maximum Gasteiger partial charge on any atom is 0.225 e. The number of nitrogens with one attached hydrogen (secondary N) is 2. The van der Waals surface area contributed by atoms with Gasteiger partial charge < -0.3 is 10.6 Å². The van der Waals surface area contributed by atoms with E-state index in [1.165, 1.54) is 0 Å². The predicted molar refractivity (Wildman–Crippen MR) is 85.9 cm³/mol. The van der Waals surface area contributed by atoms with Crippen LogP contribution in [0.5, 0.6) is 0 Å². The van der Waals surface area contributed by atoms with E-state index >= 15 is 0 Å². The van der Waals surface area contributed by atoms with Crippen LogP contribution in [0.4, 0.5) is 0 Å². The van der Waals surface area contributed by atoms with Gasteiger partial charge in [0.15, 0.2) is 0 Å². The van der Waals surface area contributed by atoms with Gasteiger partial charge in [0, 0.05) is 22.4 Å². The maximum absolute atomic E-state index is 12.2. The van der Waals surface area contributed by atoms with Crippen LogP contribution in [0.2, 0.25) is 0 Å². The third-order valence-electron chi connectivity index (χ3n) is 4.04. The lowest BCUT2D eigenvalue weighted by Gasteiger charge is -2.33. The van der Waals surface area contributed by atoms with Crippen LogP contribution >= 0.6 is 0 Å². The number of amides is 2. The Morgan fingerprint density at radius 3 is 1.86 bits per heavy atom. The Labute approximate surface area is 129 Å². The van der Waals surface area contributed by atoms with Crippen LogP contribution in [0, 0.1) is 10.8 Å². The molecule has 0 aliphatic heterocycles. The summed E-state index contributed by atoms with van der Waals surface area (Å²) in [5.41, 5.74) is -1.09. The van der Waals surface area contributed by atoms with Crippen molar-refractivity contribution in [2.45, 2.75) is 85.7 Å². The Bertz CT molecular complexity index is 402. The summed E-state index contributed by atoms with van der Waals surface area (Å²) in [6, 6.07) is 0.394. The summed E-state index contributed by atoms with van der Waals surface area (Å²) >= 11 is 0. The second-order valence-electron chi connectivity index (χ2n) is 8.72. The van der Waals surface area contributed by atoms with Crippen LogP contribution in [-0.2, 0) is 9.59 Å². The van der Waals surface area contributed by atoms with Crippen molar-refractivity contribution in [3.63, 3.8) is 0 Å². The summed E-state index contributed by atoms with van der Waals surface area (Å²) in [4.78, 5) is 24.3. The minimum atomic E-state index is -0.397. The molecule has 122 valence electrons. The summed E-state index contributed by atoms with van der Waals surface area (Å²) in [5, 5.41) is 6.16. The van der Waals surface area contributed by atoms with Crippen molar-refractivity contribution >= 4 is 11.8 Å². The molecule has 4 heteroatoms. The smallest absolute Gasteiger partial charge is 0.225 e. The molecule has 4 nitrogen and oxygen atoms in total. The standard InChI is InChI=1S/C17H32N2O2/c1-15(2,3)13(20)19-17(6,7)11-10-16(4,5)14(21)18-12-8-9-12/h12H,8-11H2,1-7H3,(H,18,21)(H,19,20). The first-order valence-electron chi connectivity index (χ1n) is 7.97. The quantitative estimate of drug-likeness (QED) is 0.791. The second-order valence-corrected chi connectivity index (χ2v) is 8.72. The monoisotopic (exact) mass is 296 g/mol. The van der Waals surface area contributed by atoms with E-state index in [0.29, 0.717) is 6.04 Å². The number of carbonyl (C=O) groups excluding carboxylic acids is 2. The van der Waals surface area contributed by atoms with Gasteiger partial charge in [-0.3, -0.25) is 9.59 Å². The van der Waals surface area contributed by atoms with E-state index in [4.69, 9.17) is 0 Å². The first kappa shape index (κ1) is 18.0. The fourth-order valence-electron chi connectivity index (χ4n) is 1.90. The number of carbonyl (C=O) groups is 2. The average Bonchev–Trinajstić information content (AvgIpc) is 3.09. The molecule has 1 rings (SSSR count). The van der Waals surface area contributed by atoms with Crippen molar-refractivity contribution in [3.05, 3.63) is 0 Å². The van der Waals surface area contributed by atoms with Gasteiger partial charge in [-0.15, -0.1) is 0 Å². The van der Waals surface area contributed by atoms with E-state index in [1.54, 1.807) is 0 Å². The summed E-state index contributed by atoms with van der Waals surface area (Å²) in [7, 11) is 0. The molecule has 21 heavy (non-hydrogen) atoms. The van der Waals surface area contributed by atoms with Gasteiger partial charge in [-0.1, -0.05) is 34.6 Å². The second kappa shape index (κ2) is 5.98. The van der Waals surface area contributed by atoms with Gasteiger partial charge in [0.2, 0.25) is 11.8 Å². The first-order valence-corrected chi connectivity index (χ1v) is 7.97. The molecular weight excluding hydrogens is 264 g/mol. The Morgan fingerprint density at radius 2 is 1.43 bits per heavy atom. The van der Waals surface area contributed by atoms with Gasteiger partial charge in [0.05, 0.1) is 0 Å². The summed E-state index contributed by atoms with van der Waals surface area (Å²) in [6.07, 6.45) is 3.74. The Balaban J connectivity index is 2.50. The van der Waals surface area contributed by atoms with Gasteiger partial charge in [-0.2, -0.15) is 0 Å². The lowest BCUT2D eigenvalue weighted by molar-refractivity contribution is -0.130. The van der Waals surface area contributed by atoms with Crippen LogP contribution in [0.15, 0.2) is 0 Å². The van der Waals surface area contributed by atoms with Crippen LogP contribution in [0.1, 0.15) is 74.1 Å². The zero-order chi connectivity index (χ0) is 16.5. The lowest BCUT2D eigenvalue weighted by Crippen LogP contribution is -2.49. The summed E-state index contributed by atoms with van der Waals surface area (Å²) in [5.74, 6) is 0.177. The Kier molecular flexibility index (Phi) is 5.12. The van der Waals surface area contributed by atoms with E-state index in [9.17, 15) is 9.59 Å². The molecule has 1 aliphatic rings. The molecule has 0 saturated heterocycles. The number of rotatable bonds is 6. The fourth-order valence-corrected chi connectivity index (χ4v) is 1.90. The molecule has 2 amide bonds. The van der Waals surface area contributed by atoms with Gasteiger partial charge in [-0.05, 0) is 39.5 Å². The number of hydrogen-bond donors (Lipinski definition) is 2. The Morgan fingerprint density at radius 1 is 0.905 bits per heavy atom. The summed E-state index contributed by atoms with van der Waals surface area (Å²) < 4.78 is 0. The van der Waals surface area contributed by atoms with Crippen molar-refractivity contribution in [3.8, 4) is 0 Å². The maximum atomic E-state index is 12.2. The van der Waals surface area contributed by atoms with E-state index < -0.39 is 10.8 Å². The molecule has 1 saturated carbocycles. The van der Waals surface area contributed by atoms with Crippen molar-refractivity contribution in [1.82, 2.24) is 10.6 Å². The van der Waals surface area contributed by atoms with E-state index in [2.05, 4.69) is 10.6 Å². The first-order chi connectivity index (χ1) is 9.33. The summed E-state index contributed by atoms with van der Waals surface area (Å²) in [6.45, 7) is 13.7. The number of hydrogen-bond acceptors (Lipinski definition) is 2. The Hall–Kier alpha value is -1.06. The molecule has 1 aliphatic carbocycles. The van der Waals surface area contributed by atoms with Crippen molar-refractivity contribution in [2.24, 2.45) is 10.8 Å². The normalized spacial score (nSPS) is 16.5. The minimum absolute atomic E-state index is 0.0488. The molecular formula is C17H32N2O2. The van der Waals surface area contributed by atoms with E-state index in [-0.39, 0.29) is 17.4 Å². The molecule has 0 aromatic rings. The highest BCUT2D eigenvalue weighted by molar-refractivity contribution is 5.83. The van der Waals surface area contributed by atoms with Crippen LogP contribution < -0.4 is 10.6 Å². The molecule has 0 aromatic heterocycles. The van der Waals surface area contributed by atoms with Crippen molar-refractivity contribution < 1.29 is 9.59 Å². The van der Waals surface area contributed by atoms with Gasteiger partial charge in [0.1, 0.15) is 0 Å². The highest BCUT2D eigenvalue weighted by Crippen LogP contribution is 2.29. The molecule has 0 spiro atoms. The molecule has 2 N–H and O–H groups in total. The lowest BCUT2D eigenvalue weighted by atomic mass is 9.81. The van der Waals surface area contributed by atoms with Gasteiger partial charge in [0.25, 0.3) is 0 Å². The topological polar surface area (TPSA) is 58.2 Å². The molecule has 0 heterocycles. The highest BCUT2D eigenvalue weighted by Gasteiger charge is 2.35. The molecule has 0 atom stereocenters. The SMILES string of the molecule is CC(C)(CCC(C)(C)C(=O)NC1CC1)NC(=O)C(C)(C)C. The zero-order valence-corrected chi connectivity index (χ0v) is 14.7. The zero-order valence-electron chi connectivity index (χ0n) is 14.7. The van der Waals surface area contributed by atoms with Gasteiger partial charge >= 0.3 is 0 Å². The minimum Gasteiger partial charge on any atom is -0.353 e. The predicted octanol–water partition coefficient (Wildman–Crippen LogP) is 3.01. The molecule has 0 aromatic carbocycles. The third kappa shape index (κ3) is 6.06. The average molecular weight is 296 g/mol. The molecule has 0 bridgehead atoms. The van der Waals surface area contributed by atoms with Crippen molar-refractivity contribution in [2.75, 3.05) is 0 Å². The van der Waals surface area contributed by atoms with Crippen LogP contribution in [0.3, 0.4) is 0 Å². The van der Waals surface area contributed by atoms with E-state index in [0.717, 1.165) is 25.7 Å². The molecule has 1 fully saturated rings. The third-order valence-corrected chi connectivity index (χ3v) is 4.04. The molecule has 0 unspecified atom stereocenters.